The monoisotopic (exact) mass is 146 g/mol. The van der Waals surface area contributed by atoms with Crippen molar-refractivity contribution in [1.29, 1.82) is 0 Å². The lowest BCUT2D eigenvalue weighted by atomic mass is 10.1. The van der Waals surface area contributed by atoms with Crippen LogP contribution in [-0.2, 0) is 15.3 Å². The lowest BCUT2D eigenvalue weighted by molar-refractivity contribution is 0.224. The summed E-state index contributed by atoms with van der Waals surface area (Å²) in [6, 6.07) is 0. The topological polar surface area (TPSA) is 26.3 Å². The average Bonchev–Trinajstić information content (AvgIpc) is 2.22. The van der Waals surface area contributed by atoms with Gasteiger partial charge < -0.3 is 0 Å². The van der Waals surface area contributed by atoms with E-state index in [2.05, 4.69) is 0 Å². The molecule has 1 saturated carbocycles. The molecular weight excluding hydrogens is 136 g/mol. The summed E-state index contributed by atoms with van der Waals surface area (Å²) in [6.07, 6.45) is 3.99. The van der Waals surface area contributed by atoms with Crippen LogP contribution in [0.4, 0.5) is 0 Å². The molecule has 1 aliphatic heterocycles. The van der Waals surface area contributed by atoms with E-state index in [4.69, 9.17) is 4.18 Å². The Hall–Kier alpha value is 0.110. The van der Waals surface area contributed by atoms with E-state index >= 15 is 0 Å². The van der Waals surface area contributed by atoms with Gasteiger partial charge >= 0.3 is 0 Å². The molecule has 0 N–H and O–H groups in total. The van der Waals surface area contributed by atoms with Crippen LogP contribution in [0.1, 0.15) is 19.3 Å². The molecule has 0 bridgehead atoms. The van der Waals surface area contributed by atoms with Crippen LogP contribution in [0, 0.1) is 5.92 Å². The number of hydrogen-bond acceptors (Lipinski definition) is 2. The van der Waals surface area contributed by atoms with Crippen LogP contribution in [0.5, 0.6) is 0 Å². The Bertz CT molecular complexity index is 132. The van der Waals surface area contributed by atoms with Crippen molar-refractivity contribution >= 4 is 11.1 Å². The van der Waals surface area contributed by atoms with E-state index in [0.717, 1.165) is 12.2 Å². The molecule has 0 aromatic rings. The van der Waals surface area contributed by atoms with Crippen LogP contribution < -0.4 is 0 Å². The Kier molecular flexibility index (Phi) is 1.34. The zero-order valence-corrected chi connectivity index (χ0v) is 6.02. The van der Waals surface area contributed by atoms with Gasteiger partial charge in [0, 0.05) is 5.92 Å². The normalized spacial score (nSPS) is 49.6. The Balaban J connectivity index is 2.09. The van der Waals surface area contributed by atoms with Gasteiger partial charge in [-0.25, -0.2) is 4.21 Å². The minimum absolute atomic E-state index is 0.353. The first-order valence-corrected chi connectivity index (χ1v) is 4.66. The molecule has 0 radical (unpaired) electrons. The van der Waals surface area contributed by atoms with E-state index in [1.165, 1.54) is 12.8 Å². The van der Waals surface area contributed by atoms with E-state index in [-0.39, 0.29) is 0 Å². The first kappa shape index (κ1) is 5.86. The molecule has 2 aliphatic rings. The fourth-order valence-corrected chi connectivity index (χ4v) is 3.01. The van der Waals surface area contributed by atoms with Gasteiger partial charge in [0.05, 0.1) is 11.9 Å². The van der Waals surface area contributed by atoms with Crippen LogP contribution in [0.3, 0.4) is 0 Å². The minimum atomic E-state index is -0.932. The van der Waals surface area contributed by atoms with Gasteiger partial charge in [-0.2, -0.15) is 0 Å². The molecule has 9 heavy (non-hydrogen) atoms. The van der Waals surface area contributed by atoms with E-state index in [0.29, 0.717) is 12.0 Å². The van der Waals surface area contributed by atoms with Gasteiger partial charge in [0.2, 0.25) is 0 Å². The van der Waals surface area contributed by atoms with E-state index in [9.17, 15) is 4.21 Å². The maximum absolute atomic E-state index is 10.7. The summed E-state index contributed by atoms with van der Waals surface area (Å²) in [7, 11) is 0. The zero-order chi connectivity index (χ0) is 6.27. The maximum atomic E-state index is 10.7. The third-order valence-corrected chi connectivity index (χ3v) is 3.33. The van der Waals surface area contributed by atoms with Crippen molar-refractivity contribution in [3.8, 4) is 0 Å². The lowest BCUT2D eigenvalue weighted by Crippen LogP contribution is -2.07. The van der Waals surface area contributed by atoms with Crippen molar-refractivity contribution in [1.82, 2.24) is 0 Å². The molecule has 1 unspecified atom stereocenters. The van der Waals surface area contributed by atoms with E-state index in [1.807, 2.05) is 0 Å². The molecular formula is C6H10O2S. The molecule has 1 saturated heterocycles. The second kappa shape index (κ2) is 2.06. The molecule has 1 heterocycles. The fraction of sp³-hybridized carbons (Fsp3) is 1.00. The van der Waals surface area contributed by atoms with Crippen molar-refractivity contribution in [2.45, 2.75) is 25.4 Å². The quantitative estimate of drug-likeness (QED) is 0.506. The van der Waals surface area contributed by atoms with Crippen molar-refractivity contribution < 1.29 is 8.39 Å². The first-order chi connectivity index (χ1) is 4.36. The van der Waals surface area contributed by atoms with Crippen molar-refractivity contribution in [3.05, 3.63) is 0 Å². The van der Waals surface area contributed by atoms with Gasteiger partial charge in [0.15, 0.2) is 11.1 Å². The summed E-state index contributed by atoms with van der Waals surface area (Å²) in [6.45, 7) is 0. The molecule has 0 aromatic heterocycles. The highest BCUT2D eigenvalue weighted by Crippen LogP contribution is 2.34. The van der Waals surface area contributed by atoms with Gasteiger partial charge in [0.25, 0.3) is 0 Å². The maximum Gasteiger partial charge on any atom is 0.156 e. The Morgan fingerprint density at radius 3 is 3.11 bits per heavy atom. The molecule has 3 heteroatoms. The lowest BCUT2D eigenvalue weighted by Gasteiger charge is -2.01. The number of hydrogen-bond donors (Lipinski definition) is 0. The summed E-state index contributed by atoms with van der Waals surface area (Å²) < 4.78 is 15.9. The molecule has 2 fully saturated rings. The van der Waals surface area contributed by atoms with Crippen LogP contribution in [0.15, 0.2) is 0 Å². The van der Waals surface area contributed by atoms with Gasteiger partial charge in [-0.15, -0.1) is 0 Å². The summed E-state index contributed by atoms with van der Waals surface area (Å²) in [4.78, 5) is 0. The molecule has 2 nitrogen and oxygen atoms in total. The Morgan fingerprint density at radius 1 is 1.44 bits per heavy atom. The highest BCUT2D eigenvalue weighted by atomic mass is 32.2. The first-order valence-electron chi connectivity index (χ1n) is 3.42. The van der Waals surface area contributed by atoms with Gasteiger partial charge in [-0.05, 0) is 12.8 Å². The van der Waals surface area contributed by atoms with Gasteiger partial charge in [0.1, 0.15) is 0 Å². The minimum Gasteiger partial charge on any atom is -0.287 e. The Labute approximate surface area is 57.2 Å². The zero-order valence-electron chi connectivity index (χ0n) is 5.21. The predicted octanol–water partition coefficient (Wildman–Crippen LogP) is 0.849. The number of fused-ring (bicyclic) bond motifs is 1. The third kappa shape index (κ3) is 0.923. The predicted molar refractivity (Wildman–Crippen MR) is 35.2 cm³/mol. The molecule has 3 atom stereocenters. The standard InChI is InChI=1S/C6H10O2S/c7-9-4-5-2-1-3-6(5)8-9/h5-6H,1-4H2/t5-,6-,9?/m1/s1. The Morgan fingerprint density at radius 2 is 2.33 bits per heavy atom. The number of rotatable bonds is 0. The van der Waals surface area contributed by atoms with Gasteiger partial charge in [-0.1, -0.05) is 6.42 Å². The molecule has 2 rings (SSSR count). The van der Waals surface area contributed by atoms with Crippen molar-refractivity contribution in [3.63, 3.8) is 0 Å². The van der Waals surface area contributed by atoms with Crippen LogP contribution in [-0.4, -0.2) is 16.1 Å². The SMILES string of the molecule is O=S1C[C@H]2CCC[C@H]2O1. The van der Waals surface area contributed by atoms with Crippen molar-refractivity contribution in [2.24, 2.45) is 5.92 Å². The fourth-order valence-electron chi connectivity index (χ4n) is 1.67. The molecule has 1 aliphatic carbocycles. The smallest absolute Gasteiger partial charge is 0.156 e. The summed E-state index contributed by atoms with van der Waals surface area (Å²) in [5, 5.41) is 0. The summed E-state index contributed by atoms with van der Waals surface area (Å²) >= 11 is -0.932. The van der Waals surface area contributed by atoms with Crippen molar-refractivity contribution in [2.75, 3.05) is 5.75 Å². The molecule has 0 spiro atoms. The molecule has 0 aromatic carbocycles. The second-order valence-electron chi connectivity index (χ2n) is 2.80. The molecule has 52 valence electrons. The molecule has 0 amide bonds. The summed E-state index contributed by atoms with van der Waals surface area (Å²) in [5.74, 6) is 1.43. The second-order valence-corrected chi connectivity index (χ2v) is 3.93. The largest absolute Gasteiger partial charge is 0.287 e. The highest BCUT2D eigenvalue weighted by Gasteiger charge is 2.36. The van der Waals surface area contributed by atoms with E-state index in [1.54, 1.807) is 0 Å². The van der Waals surface area contributed by atoms with Crippen LogP contribution in [0.25, 0.3) is 0 Å². The third-order valence-electron chi connectivity index (χ3n) is 2.17. The van der Waals surface area contributed by atoms with Crippen LogP contribution >= 0.6 is 0 Å². The summed E-state index contributed by atoms with van der Waals surface area (Å²) in [5.41, 5.74) is 0. The highest BCUT2D eigenvalue weighted by molar-refractivity contribution is 7.80. The van der Waals surface area contributed by atoms with Crippen LogP contribution in [0.2, 0.25) is 0 Å². The average molecular weight is 146 g/mol. The van der Waals surface area contributed by atoms with Gasteiger partial charge in [-0.3, -0.25) is 4.18 Å². The van der Waals surface area contributed by atoms with E-state index < -0.39 is 11.1 Å².